The third-order valence-electron chi connectivity index (χ3n) is 10.9. The molecule has 0 aliphatic carbocycles. The summed E-state index contributed by atoms with van der Waals surface area (Å²) in [5.74, 6) is -0.509. The maximum atomic E-state index is 13.1. The number of aliphatic hydroxyl groups is 2. The molecule has 0 radical (unpaired) electrons. The molecule has 3 N–H and O–H groups in total. The molecule has 0 heterocycles. The van der Waals surface area contributed by atoms with E-state index in [0.717, 1.165) is 83.5 Å². The van der Waals surface area contributed by atoms with Gasteiger partial charge in [-0.1, -0.05) is 204 Å². The Bertz CT molecular complexity index is 988. The lowest BCUT2D eigenvalue weighted by Gasteiger charge is -2.24. The van der Waals surface area contributed by atoms with Gasteiger partial charge >= 0.3 is 5.97 Å². The summed E-state index contributed by atoms with van der Waals surface area (Å²) in [6.45, 7) is 6.41. The topological polar surface area (TPSA) is 95.9 Å². The Balaban J connectivity index is 4.55. The van der Waals surface area contributed by atoms with Crippen LogP contribution in [0, 0.1) is 0 Å². The molecule has 0 spiro atoms. The Hall–Kier alpha value is -2.18. The number of carbonyl (C=O) groups is 2. The second-order valence-corrected chi connectivity index (χ2v) is 16.5. The Morgan fingerprint density at radius 1 is 0.509 bits per heavy atom. The summed E-state index contributed by atoms with van der Waals surface area (Å²) in [6, 6.07) is -0.704. The lowest BCUT2D eigenvalue weighted by atomic mass is 10.0. The summed E-state index contributed by atoms with van der Waals surface area (Å²) >= 11 is 0. The van der Waals surface area contributed by atoms with Gasteiger partial charge in [-0.3, -0.25) is 9.59 Å². The SMILES string of the molecule is CCCCC/C=C\C/C=C\C/C=C\C/C=C\CCCCCC(=O)OC(CCCCCCCCCCCC)CC(=O)NC(CO)C(O)CCCCCCCCCCC. The van der Waals surface area contributed by atoms with Crippen LogP contribution in [0.5, 0.6) is 0 Å². The second-order valence-electron chi connectivity index (χ2n) is 16.5. The van der Waals surface area contributed by atoms with Crippen molar-refractivity contribution in [3.63, 3.8) is 0 Å². The van der Waals surface area contributed by atoms with Crippen molar-refractivity contribution in [2.75, 3.05) is 6.61 Å². The summed E-state index contributed by atoms with van der Waals surface area (Å²) in [5.41, 5.74) is 0. The monoisotopic (exact) mass is 800 g/mol. The van der Waals surface area contributed by atoms with E-state index in [1.165, 1.54) is 109 Å². The summed E-state index contributed by atoms with van der Waals surface area (Å²) in [7, 11) is 0. The number of allylic oxidation sites excluding steroid dienone is 8. The van der Waals surface area contributed by atoms with Gasteiger partial charge < -0.3 is 20.3 Å². The molecule has 57 heavy (non-hydrogen) atoms. The molecule has 0 saturated heterocycles. The third kappa shape index (κ3) is 40.4. The average Bonchev–Trinajstić information content (AvgIpc) is 3.20. The highest BCUT2D eigenvalue weighted by atomic mass is 16.5. The lowest BCUT2D eigenvalue weighted by molar-refractivity contribution is -0.151. The molecule has 0 fully saturated rings. The van der Waals surface area contributed by atoms with Crippen LogP contribution in [0.4, 0.5) is 0 Å². The normalized spacial score (nSPS) is 13.7. The number of hydrogen-bond donors (Lipinski definition) is 3. The molecule has 0 rings (SSSR count). The molecule has 332 valence electrons. The first kappa shape index (κ1) is 54.8. The van der Waals surface area contributed by atoms with Gasteiger partial charge in [0.25, 0.3) is 0 Å². The minimum absolute atomic E-state index is 0.0660. The molecule has 0 aromatic heterocycles. The molecule has 3 atom stereocenters. The first-order valence-electron chi connectivity index (χ1n) is 24.4. The molecule has 0 aliphatic heterocycles. The van der Waals surface area contributed by atoms with Crippen molar-refractivity contribution in [3.8, 4) is 0 Å². The molecule has 1 amide bonds. The van der Waals surface area contributed by atoms with E-state index in [1.54, 1.807) is 0 Å². The van der Waals surface area contributed by atoms with E-state index in [2.05, 4.69) is 74.7 Å². The second kappa shape index (κ2) is 44.9. The molecule has 3 unspecified atom stereocenters. The summed E-state index contributed by atoms with van der Waals surface area (Å²) in [5, 5.41) is 23.6. The highest BCUT2D eigenvalue weighted by Gasteiger charge is 2.24. The predicted octanol–water partition coefficient (Wildman–Crippen LogP) is 14.3. The average molecular weight is 800 g/mol. The zero-order valence-electron chi connectivity index (χ0n) is 37.7. The summed E-state index contributed by atoms with van der Waals surface area (Å²) in [4.78, 5) is 26.0. The molecular formula is C51H93NO5. The fraction of sp³-hybridized carbons (Fsp3) is 0.804. The van der Waals surface area contributed by atoms with E-state index in [0.29, 0.717) is 19.3 Å². The van der Waals surface area contributed by atoms with Crippen LogP contribution in [-0.4, -0.2) is 46.9 Å². The van der Waals surface area contributed by atoms with Crippen molar-refractivity contribution in [2.45, 2.75) is 257 Å². The van der Waals surface area contributed by atoms with Crippen LogP contribution in [0.25, 0.3) is 0 Å². The van der Waals surface area contributed by atoms with Crippen molar-refractivity contribution in [3.05, 3.63) is 48.6 Å². The smallest absolute Gasteiger partial charge is 0.306 e. The van der Waals surface area contributed by atoms with Crippen LogP contribution in [0.1, 0.15) is 239 Å². The van der Waals surface area contributed by atoms with Crippen LogP contribution in [0.2, 0.25) is 0 Å². The number of esters is 1. The Kier molecular flexibility index (Phi) is 43.2. The molecular weight excluding hydrogens is 707 g/mol. The minimum Gasteiger partial charge on any atom is -0.462 e. The number of hydrogen-bond acceptors (Lipinski definition) is 5. The van der Waals surface area contributed by atoms with Crippen LogP contribution in [0.15, 0.2) is 48.6 Å². The first-order valence-corrected chi connectivity index (χ1v) is 24.4. The minimum atomic E-state index is -0.789. The maximum Gasteiger partial charge on any atom is 0.306 e. The fourth-order valence-electron chi connectivity index (χ4n) is 7.18. The lowest BCUT2D eigenvalue weighted by Crippen LogP contribution is -2.46. The van der Waals surface area contributed by atoms with Crippen LogP contribution in [-0.2, 0) is 14.3 Å². The van der Waals surface area contributed by atoms with Crippen molar-refractivity contribution in [2.24, 2.45) is 0 Å². The van der Waals surface area contributed by atoms with Crippen molar-refractivity contribution in [1.82, 2.24) is 5.32 Å². The fourth-order valence-corrected chi connectivity index (χ4v) is 7.18. The number of ether oxygens (including phenoxy) is 1. The zero-order chi connectivity index (χ0) is 41.7. The van der Waals surface area contributed by atoms with Gasteiger partial charge in [0.2, 0.25) is 5.91 Å². The molecule has 0 aromatic rings. The molecule has 0 saturated carbocycles. The number of amides is 1. The quantitative estimate of drug-likeness (QED) is 0.0324. The molecule has 0 aliphatic rings. The van der Waals surface area contributed by atoms with Crippen LogP contribution in [0.3, 0.4) is 0 Å². The van der Waals surface area contributed by atoms with E-state index < -0.39 is 18.2 Å². The number of nitrogens with one attached hydrogen (secondary N) is 1. The molecule has 6 heteroatoms. The molecule has 6 nitrogen and oxygen atoms in total. The highest BCUT2D eigenvalue weighted by Crippen LogP contribution is 2.17. The van der Waals surface area contributed by atoms with Crippen LogP contribution >= 0.6 is 0 Å². The molecule has 0 bridgehead atoms. The van der Waals surface area contributed by atoms with E-state index in [-0.39, 0.29) is 24.9 Å². The number of carbonyl (C=O) groups excluding carboxylic acids is 2. The van der Waals surface area contributed by atoms with Crippen molar-refractivity contribution >= 4 is 11.9 Å². The van der Waals surface area contributed by atoms with E-state index in [1.807, 2.05) is 0 Å². The van der Waals surface area contributed by atoms with Gasteiger partial charge in [-0.15, -0.1) is 0 Å². The highest BCUT2D eigenvalue weighted by molar-refractivity contribution is 5.77. The summed E-state index contributed by atoms with van der Waals surface area (Å²) in [6.07, 6.45) is 53.1. The Morgan fingerprint density at radius 2 is 0.895 bits per heavy atom. The number of unbranched alkanes of at least 4 members (excludes halogenated alkanes) is 23. The van der Waals surface area contributed by atoms with Crippen molar-refractivity contribution in [1.29, 1.82) is 0 Å². The van der Waals surface area contributed by atoms with E-state index in [4.69, 9.17) is 4.74 Å². The Morgan fingerprint density at radius 3 is 1.37 bits per heavy atom. The van der Waals surface area contributed by atoms with Gasteiger partial charge in [0.05, 0.1) is 25.2 Å². The van der Waals surface area contributed by atoms with Gasteiger partial charge in [0.1, 0.15) is 6.10 Å². The zero-order valence-corrected chi connectivity index (χ0v) is 37.7. The van der Waals surface area contributed by atoms with Crippen LogP contribution < -0.4 is 5.32 Å². The number of rotatable bonds is 43. The van der Waals surface area contributed by atoms with E-state index >= 15 is 0 Å². The maximum absolute atomic E-state index is 13.1. The predicted molar refractivity (Wildman–Crippen MR) is 245 cm³/mol. The third-order valence-corrected chi connectivity index (χ3v) is 10.9. The van der Waals surface area contributed by atoms with Gasteiger partial charge in [-0.25, -0.2) is 0 Å². The standard InChI is InChI=1S/C51H93NO5/c1-4-7-10-13-16-19-21-22-23-24-25-26-27-28-29-32-35-38-41-44-51(56)57-47(42-39-36-33-31-20-17-14-11-8-5-2)45-50(55)52-48(46-53)49(54)43-40-37-34-30-18-15-12-9-6-3/h16,19,22-23,25-26,28-29,47-49,53-54H,4-15,17-18,20-21,24,27,30-46H2,1-3H3,(H,52,55)/b19-16-,23-22-,26-25-,29-28-. The van der Waals surface area contributed by atoms with E-state index in [9.17, 15) is 19.8 Å². The van der Waals surface area contributed by atoms with Gasteiger partial charge in [0, 0.05) is 6.42 Å². The Labute approximate surface area is 353 Å². The first-order chi connectivity index (χ1) is 28.0. The number of aliphatic hydroxyl groups excluding tert-OH is 2. The van der Waals surface area contributed by atoms with Gasteiger partial charge in [0.15, 0.2) is 0 Å². The van der Waals surface area contributed by atoms with Crippen molar-refractivity contribution < 1.29 is 24.5 Å². The summed E-state index contributed by atoms with van der Waals surface area (Å²) < 4.78 is 5.90. The largest absolute Gasteiger partial charge is 0.462 e. The molecule has 0 aromatic carbocycles. The van der Waals surface area contributed by atoms with Gasteiger partial charge in [-0.05, 0) is 70.6 Å². The van der Waals surface area contributed by atoms with Gasteiger partial charge in [-0.2, -0.15) is 0 Å².